The summed E-state index contributed by atoms with van der Waals surface area (Å²) in [5.74, 6) is -0.629. The third kappa shape index (κ3) is 1.43. The Morgan fingerprint density at radius 3 is 3.14 bits per heavy atom. The van der Waals surface area contributed by atoms with Gasteiger partial charge in [-0.2, -0.15) is 0 Å². The smallest absolute Gasteiger partial charge is 0.354 e. The number of nitrogens with zero attached hydrogens (tertiary/aromatic N) is 1. The molecule has 1 unspecified atom stereocenters. The Kier molecular flexibility index (Phi) is 2.11. The zero-order valence-electron chi connectivity index (χ0n) is 7.95. The van der Waals surface area contributed by atoms with Crippen LogP contribution in [-0.4, -0.2) is 22.6 Å². The first-order valence-electron chi connectivity index (χ1n) is 4.66. The van der Waals surface area contributed by atoms with Gasteiger partial charge in [-0.3, -0.25) is 0 Å². The van der Waals surface area contributed by atoms with E-state index in [0.717, 1.165) is 24.3 Å². The molecule has 4 heteroatoms. The van der Waals surface area contributed by atoms with Gasteiger partial charge in [0.2, 0.25) is 0 Å². The molecular weight excluding hydrogens is 180 g/mol. The number of carbonyl (C=O) groups is 1. The summed E-state index contributed by atoms with van der Waals surface area (Å²) >= 11 is 0. The molecule has 4 nitrogen and oxygen atoms in total. The predicted octanol–water partition coefficient (Wildman–Crippen LogP) is 1.70. The fraction of sp³-hybridized carbons (Fsp3) is 0.400. The number of aromatic nitrogens is 1. The minimum Gasteiger partial charge on any atom is -0.477 e. The fourth-order valence-electron chi connectivity index (χ4n) is 1.68. The van der Waals surface area contributed by atoms with Crippen molar-refractivity contribution in [2.75, 3.05) is 11.9 Å². The number of aromatic carboxylic acids is 1. The quantitative estimate of drug-likeness (QED) is 0.710. The molecule has 0 fully saturated rings. The van der Waals surface area contributed by atoms with Crippen molar-refractivity contribution < 1.29 is 9.90 Å². The lowest BCUT2D eigenvalue weighted by Gasteiger charge is -2.22. The van der Waals surface area contributed by atoms with E-state index in [-0.39, 0.29) is 5.69 Å². The SMILES string of the molecule is CC1CCNc2ccc(C(=O)O)nc21. The number of pyridine rings is 1. The molecule has 0 amide bonds. The van der Waals surface area contributed by atoms with Crippen LogP contribution in [0.3, 0.4) is 0 Å². The van der Waals surface area contributed by atoms with E-state index in [0.29, 0.717) is 5.92 Å². The van der Waals surface area contributed by atoms with E-state index in [2.05, 4.69) is 17.2 Å². The van der Waals surface area contributed by atoms with Gasteiger partial charge in [0.25, 0.3) is 0 Å². The van der Waals surface area contributed by atoms with Crippen molar-refractivity contribution in [2.45, 2.75) is 19.3 Å². The molecule has 1 aromatic heterocycles. The van der Waals surface area contributed by atoms with Gasteiger partial charge in [0, 0.05) is 12.5 Å². The van der Waals surface area contributed by atoms with Gasteiger partial charge in [0.15, 0.2) is 0 Å². The zero-order valence-corrected chi connectivity index (χ0v) is 7.95. The molecule has 0 bridgehead atoms. The van der Waals surface area contributed by atoms with Crippen LogP contribution in [0.4, 0.5) is 5.69 Å². The van der Waals surface area contributed by atoms with Crippen molar-refractivity contribution in [3.63, 3.8) is 0 Å². The van der Waals surface area contributed by atoms with Gasteiger partial charge in [0.1, 0.15) is 5.69 Å². The van der Waals surface area contributed by atoms with Crippen LogP contribution in [0.15, 0.2) is 12.1 Å². The monoisotopic (exact) mass is 192 g/mol. The van der Waals surface area contributed by atoms with E-state index in [1.165, 1.54) is 6.07 Å². The molecule has 0 radical (unpaired) electrons. The van der Waals surface area contributed by atoms with Crippen LogP contribution in [0.2, 0.25) is 0 Å². The minimum absolute atomic E-state index is 0.124. The Balaban J connectivity index is 2.45. The summed E-state index contributed by atoms with van der Waals surface area (Å²) in [6.07, 6.45) is 1.00. The van der Waals surface area contributed by atoms with Crippen LogP contribution < -0.4 is 5.32 Å². The molecule has 0 saturated heterocycles. The van der Waals surface area contributed by atoms with Crippen molar-refractivity contribution in [1.82, 2.24) is 4.98 Å². The largest absolute Gasteiger partial charge is 0.477 e. The van der Waals surface area contributed by atoms with Gasteiger partial charge < -0.3 is 10.4 Å². The molecule has 0 aromatic carbocycles. The first kappa shape index (κ1) is 8.99. The number of fused-ring (bicyclic) bond motifs is 1. The maximum Gasteiger partial charge on any atom is 0.354 e. The molecule has 0 aliphatic carbocycles. The fourth-order valence-corrected chi connectivity index (χ4v) is 1.68. The number of hydrogen-bond donors (Lipinski definition) is 2. The van der Waals surface area contributed by atoms with Crippen LogP contribution in [0, 0.1) is 0 Å². The third-order valence-corrected chi connectivity index (χ3v) is 2.50. The van der Waals surface area contributed by atoms with E-state index >= 15 is 0 Å². The van der Waals surface area contributed by atoms with Crippen molar-refractivity contribution in [2.24, 2.45) is 0 Å². The molecule has 1 aliphatic heterocycles. The Morgan fingerprint density at radius 1 is 1.64 bits per heavy atom. The van der Waals surface area contributed by atoms with Crippen molar-refractivity contribution >= 4 is 11.7 Å². The van der Waals surface area contributed by atoms with Gasteiger partial charge in [-0.05, 0) is 18.6 Å². The summed E-state index contributed by atoms with van der Waals surface area (Å²) in [5, 5.41) is 12.0. The lowest BCUT2D eigenvalue weighted by molar-refractivity contribution is 0.0690. The molecule has 2 heterocycles. The van der Waals surface area contributed by atoms with E-state index in [9.17, 15) is 4.79 Å². The first-order valence-corrected chi connectivity index (χ1v) is 4.66. The van der Waals surface area contributed by atoms with E-state index in [4.69, 9.17) is 5.11 Å². The summed E-state index contributed by atoms with van der Waals surface area (Å²) in [5.41, 5.74) is 1.96. The van der Waals surface area contributed by atoms with Crippen molar-refractivity contribution in [3.05, 3.63) is 23.5 Å². The summed E-state index contributed by atoms with van der Waals surface area (Å²) in [6, 6.07) is 3.33. The highest BCUT2D eigenvalue weighted by atomic mass is 16.4. The van der Waals surface area contributed by atoms with E-state index in [1.807, 2.05) is 0 Å². The third-order valence-electron chi connectivity index (χ3n) is 2.50. The number of carboxylic acid groups (broad SMARTS) is 1. The lowest BCUT2D eigenvalue weighted by Crippen LogP contribution is -2.17. The summed E-state index contributed by atoms with van der Waals surface area (Å²) in [7, 11) is 0. The van der Waals surface area contributed by atoms with Gasteiger partial charge in [0.05, 0.1) is 11.4 Å². The van der Waals surface area contributed by atoms with Crippen LogP contribution >= 0.6 is 0 Å². The van der Waals surface area contributed by atoms with Crippen molar-refractivity contribution in [3.8, 4) is 0 Å². The molecule has 2 N–H and O–H groups in total. The lowest BCUT2D eigenvalue weighted by atomic mass is 9.98. The van der Waals surface area contributed by atoms with Gasteiger partial charge in [-0.1, -0.05) is 6.92 Å². The highest BCUT2D eigenvalue weighted by Crippen LogP contribution is 2.29. The average molecular weight is 192 g/mol. The van der Waals surface area contributed by atoms with Gasteiger partial charge in [-0.25, -0.2) is 9.78 Å². The Morgan fingerprint density at radius 2 is 2.43 bits per heavy atom. The van der Waals surface area contributed by atoms with Gasteiger partial charge in [-0.15, -0.1) is 0 Å². The highest BCUT2D eigenvalue weighted by Gasteiger charge is 2.19. The van der Waals surface area contributed by atoms with Crippen LogP contribution in [0.1, 0.15) is 35.4 Å². The predicted molar refractivity (Wildman–Crippen MR) is 52.7 cm³/mol. The summed E-state index contributed by atoms with van der Waals surface area (Å²) in [4.78, 5) is 14.8. The van der Waals surface area contributed by atoms with Gasteiger partial charge >= 0.3 is 5.97 Å². The standard InChI is InChI=1S/C10H12N2O2/c1-6-4-5-11-7-2-3-8(10(13)14)12-9(6)7/h2-3,6,11H,4-5H2,1H3,(H,13,14). The second-order valence-corrected chi connectivity index (χ2v) is 3.55. The normalized spacial score (nSPS) is 19.6. The number of nitrogens with one attached hydrogen (secondary N) is 1. The first-order chi connectivity index (χ1) is 6.68. The molecule has 0 spiro atoms. The van der Waals surface area contributed by atoms with E-state index in [1.54, 1.807) is 6.07 Å². The van der Waals surface area contributed by atoms with Crippen LogP contribution in [0.25, 0.3) is 0 Å². The molecule has 1 atom stereocenters. The second-order valence-electron chi connectivity index (χ2n) is 3.55. The topological polar surface area (TPSA) is 62.2 Å². The summed E-state index contributed by atoms with van der Waals surface area (Å²) in [6.45, 7) is 3.00. The number of hydrogen-bond acceptors (Lipinski definition) is 3. The molecule has 14 heavy (non-hydrogen) atoms. The Hall–Kier alpha value is -1.58. The average Bonchev–Trinajstić information content (AvgIpc) is 2.18. The maximum atomic E-state index is 10.7. The molecule has 1 aromatic rings. The maximum absolute atomic E-state index is 10.7. The zero-order chi connectivity index (χ0) is 10.1. The molecule has 0 saturated carbocycles. The molecule has 2 rings (SSSR count). The van der Waals surface area contributed by atoms with Crippen molar-refractivity contribution in [1.29, 1.82) is 0 Å². The molecular formula is C10H12N2O2. The number of anilines is 1. The number of rotatable bonds is 1. The second kappa shape index (κ2) is 3.29. The minimum atomic E-state index is -0.967. The molecule has 74 valence electrons. The highest BCUT2D eigenvalue weighted by molar-refractivity contribution is 5.85. The van der Waals surface area contributed by atoms with Crippen LogP contribution in [-0.2, 0) is 0 Å². The molecule has 1 aliphatic rings. The van der Waals surface area contributed by atoms with Crippen LogP contribution in [0.5, 0.6) is 0 Å². The Bertz CT molecular complexity index is 376. The summed E-state index contributed by atoms with van der Waals surface area (Å²) < 4.78 is 0. The Labute approximate surface area is 82.0 Å². The van der Waals surface area contributed by atoms with E-state index < -0.39 is 5.97 Å². The number of carboxylic acids is 1.